The lowest BCUT2D eigenvalue weighted by atomic mass is 9.97. The number of aryl methyl sites for hydroxylation is 2. The van der Waals surface area contributed by atoms with E-state index in [9.17, 15) is 4.79 Å². The fourth-order valence-electron chi connectivity index (χ4n) is 2.74. The van der Waals surface area contributed by atoms with Crippen LogP contribution in [0.15, 0.2) is 36.7 Å². The third-order valence-electron chi connectivity index (χ3n) is 3.76. The molecule has 0 fully saturated rings. The normalized spacial score (nSPS) is 17.2. The number of anilines is 1. The van der Waals surface area contributed by atoms with Crippen LogP contribution in [0.1, 0.15) is 29.9 Å². The number of hydrogen-bond donors (Lipinski definition) is 1. The van der Waals surface area contributed by atoms with Gasteiger partial charge in [-0.1, -0.05) is 24.3 Å². The Morgan fingerprint density at radius 2 is 2.32 bits per heavy atom. The summed E-state index contributed by atoms with van der Waals surface area (Å²) in [6.07, 6.45) is 6.18. The minimum absolute atomic E-state index is 0.0380. The topological polar surface area (TPSA) is 46.9 Å². The molecule has 3 rings (SSSR count). The van der Waals surface area contributed by atoms with Gasteiger partial charge in [0.2, 0.25) is 11.9 Å². The van der Waals surface area contributed by atoms with Crippen molar-refractivity contribution in [2.24, 2.45) is 7.05 Å². The summed E-state index contributed by atoms with van der Waals surface area (Å²) in [6.45, 7) is 0. The number of aromatic nitrogens is 2. The highest BCUT2D eigenvalue weighted by Crippen LogP contribution is 2.35. The van der Waals surface area contributed by atoms with Gasteiger partial charge in [0.25, 0.3) is 0 Å². The van der Waals surface area contributed by atoms with Crippen LogP contribution < -0.4 is 5.32 Å². The summed E-state index contributed by atoms with van der Waals surface area (Å²) in [5.74, 6) is 0.990. The molecule has 1 N–H and O–H groups in total. The number of amides is 1. The molecule has 19 heavy (non-hydrogen) atoms. The Hall–Kier alpha value is -2.10. The molecule has 0 spiro atoms. The van der Waals surface area contributed by atoms with Crippen molar-refractivity contribution in [1.29, 1.82) is 0 Å². The van der Waals surface area contributed by atoms with E-state index in [1.165, 1.54) is 11.1 Å². The second-order valence-corrected chi connectivity index (χ2v) is 5.05. The summed E-state index contributed by atoms with van der Waals surface area (Å²) in [4.78, 5) is 16.2. The van der Waals surface area contributed by atoms with Gasteiger partial charge < -0.3 is 4.57 Å². The quantitative estimate of drug-likeness (QED) is 0.916. The van der Waals surface area contributed by atoms with Gasteiger partial charge >= 0.3 is 0 Å². The van der Waals surface area contributed by atoms with Crippen molar-refractivity contribution in [3.05, 3.63) is 47.8 Å². The monoisotopic (exact) mass is 255 g/mol. The van der Waals surface area contributed by atoms with Crippen LogP contribution in [0.5, 0.6) is 0 Å². The summed E-state index contributed by atoms with van der Waals surface area (Å²) in [5, 5.41) is 2.86. The largest absolute Gasteiger partial charge is 0.320 e. The van der Waals surface area contributed by atoms with Crippen LogP contribution in [-0.2, 0) is 18.3 Å². The van der Waals surface area contributed by atoms with Crippen molar-refractivity contribution in [3.63, 3.8) is 0 Å². The average molecular weight is 255 g/mol. The highest BCUT2D eigenvalue weighted by atomic mass is 16.1. The smallest absolute Gasteiger partial charge is 0.227 e. The Kier molecular flexibility index (Phi) is 3.07. The van der Waals surface area contributed by atoms with E-state index >= 15 is 0 Å². The highest BCUT2D eigenvalue weighted by Gasteiger charge is 2.24. The predicted octanol–water partition coefficient (Wildman–Crippen LogP) is 2.48. The maximum Gasteiger partial charge on any atom is 0.227 e. The zero-order valence-electron chi connectivity index (χ0n) is 11.0. The van der Waals surface area contributed by atoms with E-state index in [0.717, 1.165) is 12.8 Å². The van der Waals surface area contributed by atoms with Gasteiger partial charge in [-0.05, 0) is 29.9 Å². The summed E-state index contributed by atoms with van der Waals surface area (Å²) in [6, 6.07) is 8.41. The minimum atomic E-state index is 0.0380. The van der Waals surface area contributed by atoms with Crippen molar-refractivity contribution >= 4 is 11.9 Å². The van der Waals surface area contributed by atoms with Crippen LogP contribution in [0.4, 0.5) is 5.95 Å². The fraction of sp³-hybridized carbons (Fsp3) is 0.333. The van der Waals surface area contributed by atoms with Gasteiger partial charge in [0.1, 0.15) is 0 Å². The van der Waals surface area contributed by atoms with Gasteiger partial charge in [-0.15, -0.1) is 0 Å². The SMILES string of the molecule is Cn1ccnc1NC(=O)CC1CCc2ccccc21. The summed E-state index contributed by atoms with van der Waals surface area (Å²) >= 11 is 0. The number of imidazole rings is 1. The Bertz CT molecular complexity index is 603. The summed E-state index contributed by atoms with van der Waals surface area (Å²) in [5.41, 5.74) is 2.72. The van der Waals surface area contributed by atoms with Gasteiger partial charge in [0, 0.05) is 25.9 Å². The molecule has 98 valence electrons. The Morgan fingerprint density at radius 1 is 1.47 bits per heavy atom. The number of nitrogens with one attached hydrogen (secondary N) is 1. The lowest BCUT2D eigenvalue weighted by Gasteiger charge is -2.11. The Morgan fingerprint density at radius 3 is 3.11 bits per heavy atom. The van der Waals surface area contributed by atoms with E-state index in [1.54, 1.807) is 10.8 Å². The van der Waals surface area contributed by atoms with Gasteiger partial charge in [0.05, 0.1) is 0 Å². The zero-order valence-corrected chi connectivity index (χ0v) is 11.0. The molecule has 0 aliphatic heterocycles. The van der Waals surface area contributed by atoms with E-state index in [1.807, 2.05) is 19.3 Å². The molecule has 0 bridgehead atoms. The Balaban J connectivity index is 1.67. The maximum absolute atomic E-state index is 12.1. The molecule has 1 aliphatic rings. The number of benzene rings is 1. The first-order valence-corrected chi connectivity index (χ1v) is 6.59. The number of rotatable bonds is 3. The molecule has 1 aromatic heterocycles. The number of nitrogens with zero attached hydrogens (tertiary/aromatic N) is 2. The van der Waals surface area contributed by atoms with E-state index in [-0.39, 0.29) is 5.91 Å². The molecule has 0 saturated carbocycles. The van der Waals surface area contributed by atoms with E-state index in [0.29, 0.717) is 18.3 Å². The molecule has 1 unspecified atom stereocenters. The molecule has 1 heterocycles. The molecule has 4 nitrogen and oxygen atoms in total. The van der Waals surface area contributed by atoms with E-state index in [4.69, 9.17) is 0 Å². The predicted molar refractivity (Wildman–Crippen MR) is 74.0 cm³/mol. The average Bonchev–Trinajstić information content (AvgIpc) is 2.98. The first-order chi connectivity index (χ1) is 9.24. The zero-order chi connectivity index (χ0) is 13.2. The van der Waals surface area contributed by atoms with Crippen LogP contribution in [0.2, 0.25) is 0 Å². The third kappa shape index (κ3) is 2.38. The second-order valence-electron chi connectivity index (χ2n) is 5.05. The standard InChI is InChI=1S/C15H17N3O/c1-18-9-8-16-15(18)17-14(19)10-12-7-6-11-4-2-3-5-13(11)12/h2-5,8-9,12H,6-7,10H2,1H3,(H,16,17,19). The molecular weight excluding hydrogens is 238 g/mol. The lowest BCUT2D eigenvalue weighted by Crippen LogP contribution is -2.17. The van der Waals surface area contributed by atoms with Gasteiger partial charge in [-0.25, -0.2) is 4.98 Å². The molecule has 1 aliphatic carbocycles. The van der Waals surface area contributed by atoms with Crippen molar-refractivity contribution in [2.75, 3.05) is 5.32 Å². The van der Waals surface area contributed by atoms with Crippen molar-refractivity contribution in [2.45, 2.75) is 25.2 Å². The van der Waals surface area contributed by atoms with Crippen molar-refractivity contribution in [3.8, 4) is 0 Å². The second kappa shape index (κ2) is 4.88. The van der Waals surface area contributed by atoms with Crippen molar-refractivity contribution in [1.82, 2.24) is 9.55 Å². The molecule has 2 aromatic rings. The van der Waals surface area contributed by atoms with Crippen LogP contribution in [0, 0.1) is 0 Å². The molecule has 0 saturated heterocycles. The number of fused-ring (bicyclic) bond motifs is 1. The van der Waals surface area contributed by atoms with Crippen molar-refractivity contribution < 1.29 is 4.79 Å². The fourth-order valence-corrected chi connectivity index (χ4v) is 2.74. The number of hydrogen-bond acceptors (Lipinski definition) is 2. The summed E-state index contributed by atoms with van der Waals surface area (Å²) in [7, 11) is 1.87. The third-order valence-corrected chi connectivity index (χ3v) is 3.76. The highest BCUT2D eigenvalue weighted by molar-refractivity contribution is 5.89. The Labute approximate surface area is 112 Å². The molecule has 4 heteroatoms. The van der Waals surface area contributed by atoms with Crippen LogP contribution >= 0.6 is 0 Å². The lowest BCUT2D eigenvalue weighted by molar-refractivity contribution is -0.116. The van der Waals surface area contributed by atoms with Crippen LogP contribution in [-0.4, -0.2) is 15.5 Å². The molecule has 1 atom stereocenters. The van der Waals surface area contributed by atoms with Crippen LogP contribution in [0.3, 0.4) is 0 Å². The first kappa shape index (κ1) is 12.0. The van der Waals surface area contributed by atoms with E-state index in [2.05, 4.69) is 28.5 Å². The van der Waals surface area contributed by atoms with Crippen LogP contribution in [0.25, 0.3) is 0 Å². The van der Waals surface area contributed by atoms with Gasteiger partial charge in [0.15, 0.2) is 0 Å². The minimum Gasteiger partial charge on any atom is -0.320 e. The molecule has 1 aromatic carbocycles. The molecule has 1 amide bonds. The van der Waals surface area contributed by atoms with Gasteiger partial charge in [-0.2, -0.15) is 0 Å². The number of carbonyl (C=O) groups is 1. The molecule has 0 radical (unpaired) electrons. The van der Waals surface area contributed by atoms with Gasteiger partial charge in [-0.3, -0.25) is 10.1 Å². The maximum atomic E-state index is 12.1. The first-order valence-electron chi connectivity index (χ1n) is 6.59. The number of carbonyl (C=O) groups excluding carboxylic acids is 1. The molecular formula is C15H17N3O. The summed E-state index contributed by atoms with van der Waals surface area (Å²) < 4.78 is 1.81. The van der Waals surface area contributed by atoms with E-state index < -0.39 is 0 Å².